The zero-order valence-electron chi connectivity index (χ0n) is 18.4. The Labute approximate surface area is 189 Å². The number of anilines is 1. The quantitative estimate of drug-likeness (QED) is 0.777. The van der Waals surface area contributed by atoms with Gasteiger partial charge in [-0.15, -0.1) is 0 Å². The summed E-state index contributed by atoms with van der Waals surface area (Å²) in [5.41, 5.74) is 3.46. The zero-order valence-corrected chi connectivity index (χ0v) is 18.4. The summed E-state index contributed by atoms with van der Waals surface area (Å²) >= 11 is 0. The molecule has 7 nitrogen and oxygen atoms in total. The van der Waals surface area contributed by atoms with Crippen molar-refractivity contribution in [2.24, 2.45) is 5.92 Å². The van der Waals surface area contributed by atoms with Gasteiger partial charge in [-0.05, 0) is 42.5 Å². The van der Waals surface area contributed by atoms with Crippen LogP contribution in [0.1, 0.15) is 24.0 Å². The third kappa shape index (κ3) is 4.35. The average molecular weight is 434 g/mol. The van der Waals surface area contributed by atoms with Crippen LogP contribution in [0.3, 0.4) is 0 Å². The molecule has 2 aromatic rings. The molecule has 7 heteroatoms. The number of para-hydroxylation sites is 1. The van der Waals surface area contributed by atoms with Crippen LogP contribution in [0.2, 0.25) is 0 Å². The molecule has 2 amide bonds. The lowest BCUT2D eigenvalue weighted by molar-refractivity contribution is -0.131. The number of aromatic nitrogens is 1. The normalized spacial score (nSPS) is 22.9. The topological polar surface area (TPSA) is 68.8 Å². The number of nitrogens with zero attached hydrogens (tertiary/aromatic N) is 4. The van der Waals surface area contributed by atoms with Crippen molar-refractivity contribution in [2.75, 3.05) is 44.2 Å². The van der Waals surface area contributed by atoms with Gasteiger partial charge in [-0.3, -0.25) is 19.5 Å². The first-order valence-electron chi connectivity index (χ1n) is 11.7. The van der Waals surface area contributed by atoms with Gasteiger partial charge in [-0.25, -0.2) is 0 Å². The van der Waals surface area contributed by atoms with Crippen molar-refractivity contribution in [3.63, 3.8) is 0 Å². The maximum absolute atomic E-state index is 13.3. The first kappa shape index (κ1) is 20.9. The molecule has 32 heavy (non-hydrogen) atoms. The van der Waals surface area contributed by atoms with E-state index in [1.54, 1.807) is 12.4 Å². The molecule has 4 heterocycles. The summed E-state index contributed by atoms with van der Waals surface area (Å²) in [6.45, 7) is 5.11. The molecule has 0 spiro atoms. The highest BCUT2D eigenvalue weighted by Crippen LogP contribution is 2.36. The van der Waals surface area contributed by atoms with Gasteiger partial charge in [0.1, 0.15) is 0 Å². The smallest absolute Gasteiger partial charge is 0.236 e. The van der Waals surface area contributed by atoms with Crippen LogP contribution in [0, 0.1) is 5.92 Å². The van der Waals surface area contributed by atoms with E-state index in [9.17, 15) is 9.59 Å². The fraction of sp³-hybridized carbons (Fsp3) is 0.480. The predicted octanol–water partition coefficient (Wildman–Crippen LogP) is 1.68. The maximum atomic E-state index is 13.3. The molecular formula is C25H31N5O2. The van der Waals surface area contributed by atoms with E-state index in [4.69, 9.17) is 0 Å². The molecule has 0 bridgehead atoms. The first-order valence-corrected chi connectivity index (χ1v) is 11.7. The van der Waals surface area contributed by atoms with Crippen LogP contribution in [0.15, 0.2) is 48.8 Å². The zero-order chi connectivity index (χ0) is 21.9. The van der Waals surface area contributed by atoms with Crippen molar-refractivity contribution in [1.29, 1.82) is 0 Å². The molecule has 5 rings (SSSR count). The number of nitrogens with one attached hydrogen (secondary N) is 1. The number of amides is 2. The lowest BCUT2D eigenvalue weighted by Gasteiger charge is -2.49. The second-order valence-corrected chi connectivity index (χ2v) is 9.10. The maximum Gasteiger partial charge on any atom is 0.236 e. The Morgan fingerprint density at radius 3 is 2.69 bits per heavy atom. The Bertz CT molecular complexity index is 960. The summed E-state index contributed by atoms with van der Waals surface area (Å²) in [4.78, 5) is 36.8. The van der Waals surface area contributed by atoms with Gasteiger partial charge in [0.25, 0.3) is 0 Å². The highest BCUT2D eigenvalue weighted by molar-refractivity contribution is 5.82. The third-order valence-electron chi connectivity index (χ3n) is 7.05. The lowest BCUT2D eigenvalue weighted by atomic mass is 9.83. The van der Waals surface area contributed by atoms with Crippen molar-refractivity contribution >= 4 is 17.5 Å². The minimum Gasteiger partial charge on any atom is -0.365 e. The molecule has 1 aromatic carbocycles. The van der Waals surface area contributed by atoms with Crippen LogP contribution in [0.4, 0.5) is 5.69 Å². The molecule has 0 unspecified atom stereocenters. The molecule has 0 aliphatic carbocycles. The van der Waals surface area contributed by atoms with E-state index in [0.717, 1.165) is 57.5 Å². The summed E-state index contributed by atoms with van der Waals surface area (Å²) in [5.74, 6) is 0.155. The van der Waals surface area contributed by atoms with Crippen LogP contribution in [0.5, 0.6) is 0 Å². The van der Waals surface area contributed by atoms with Crippen LogP contribution in [-0.4, -0.2) is 71.9 Å². The Morgan fingerprint density at radius 1 is 1.03 bits per heavy atom. The average Bonchev–Trinajstić information content (AvgIpc) is 3.38. The van der Waals surface area contributed by atoms with Crippen LogP contribution < -0.4 is 10.2 Å². The number of pyridine rings is 1. The number of fused-ring (bicyclic) bond motifs is 3. The molecule has 2 fully saturated rings. The van der Waals surface area contributed by atoms with Crippen LogP contribution >= 0.6 is 0 Å². The monoisotopic (exact) mass is 433 g/mol. The van der Waals surface area contributed by atoms with Crippen molar-refractivity contribution < 1.29 is 9.59 Å². The van der Waals surface area contributed by atoms with E-state index in [-0.39, 0.29) is 23.8 Å². The molecule has 168 valence electrons. The van der Waals surface area contributed by atoms with Gasteiger partial charge in [0.15, 0.2) is 0 Å². The summed E-state index contributed by atoms with van der Waals surface area (Å²) in [5, 5.41) is 3.13. The molecule has 0 radical (unpaired) electrons. The number of hydrogen-bond acceptors (Lipinski definition) is 5. The largest absolute Gasteiger partial charge is 0.365 e. The fourth-order valence-corrected chi connectivity index (χ4v) is 5.34. The van der Waals surface area contributed by atoms with Gasteiger partial charge in [-0.2, -0.15) is 0 Å². The van der Waals surface area contributed by atoms with E-state index >= 15 is 0 Å². The van der Waals surface area contributed by atoms with Crippen molar-refractivity contribution in [1.82, 2.24) is 20.1 Å². The van der Waals surface area contributed by atoms with Gasteiger partial charge in [0, 0.05) is 57.3 Å². The minimum absolute atomic E-state index is 0.0685. The molecule has 0 saturated carbocycles. The molecule has 1 N–H and O–H groups in total. The minimum atomic E-state index is -0.147. The fourth-order valence-electron chi connectivity index (χ4n) is 5.34. The number of rotatable bonds is 5. The van der Waals surface area contributed by atoms with E-state index in [1.165, 1.54) is 11.3 Å². The SMILES string of the molecule is O=C(NCc1cccnc1)[C@H]1Cc2ccccc2N2CCN(CC(=O)N3CCCC3)C[C@H]12. The molecule has 3 aliphatic heterocycles. The predicted molar refractivity (Wildman–Crippen MR) is 123 cm³/mol. The van der Waals surface area contributed by atoms with Crippen molar-refractivity contribution in [3.05, 3.63) is 59.9 Å². The van der Waals surface area contributed by atoms with Gasteiger partial charge >= 0.3 is 0 Å². The Hall–Kier alpha value is -2.93. The molecule has 2 saturated heterocycles. The Kier molecular flexibility index (Phi) is 6.08. The van der Waals surface area contributed by atoms with E-state index in [2.05, 4.69) is 44.4 Å². The molecule has 3 aliphatic rings. The van der Waals surface area contributed by atoms with Crippen molar-refractivity contribution in [3.8, 4) is 0 Å². The standard InChI is InChI=1S/C25H31N5O2/c31-24(29-10-3-4-11-29)18-28-12-13-30-22-8-2-1-7-20(22)14-21(23(30)17-28)25(32)27-16-19-6-5-9-26-15-19/h1-2,5-9,15,21,23H,3-4,10-14,16-18H2,(H,27,32)/t21-,23+/m0/s1. The van der Waals surface area contributed by atoms with Gasteiger partial charge in [0.2, 0.25) is 11.8 Å². The second-order valence-electron chi connectivity index (χ2n) is 9.10. The Morgan fingerprint density at radius 2 is 1.88 bits per heavy atom. The number of carbonyl (C=O) groups is 2. The summed E-state index contributed by atoms with van der Waals surface area (Å²) in [7, 11) is 0. The number of likely N-dealkylation sites (tertiary alicyclic amines) is 1. The molecular weight excluding hydrogens is 402 g/mol. The first-order chi connectivity index (χ1) is 15.7. The van der Waals surface area contributed by atoms with E-state index < -0.39 is 0 Å². The highest BCUT2D eigenvalue weighted by atomic mass is 16.2. The van der Waals surface area contributed by atoms with E-state index in [1.807, 2.05) is 17.0 Å². The van der Waals surface area contributed by atoms with Gasteiger partial charge < -0.3 is 15.1 Å². The van der Waals surface area contributed by atoms with Crippen LogP contribution in [0.25, 0.3) is 0 Å². The number of hydrogen-bond donors (Lipinski definition) is 1. The third-order valence-corrected chi connectivity index (χ3v) is 7.05. The molecule has 2 atom stereocenters. The van der Waals surface area contributed by atoms with Gasteiger partial charge in [0.05, 0.1) is 18.5 Å². The number of piperazine rings is 1. The highest BCUT2D eigenvalue weighted by Gasteiger charge is 2.41. The van der Waals surface area contributed by atoms with Gasteiger partial charge in [-0.1, -0.05) is 24.3 Å². The second kappa shape index (κ2) is 9.28. The Balaban J connectivity index is 1.31. The lowest BCUT2D eigenvalue weighted by Crippen LogP contribution is -2.62. The summed E-state index contributed by atoms with van der Waals surface area (Å²) < 4.78 is 0. The molecule has 1 aromatic heterocycles. The van der Waals surface area contributed by atoms with E-state index in [0.29, 0.717) is 13.1 Å². The number of carbonyl (C=O) groups excluding carboxylic acids is 2. The summed E-state index contributed by atoms with van der Waals surface area (Å²) in [6.07, 6.45) is 6.47. The number of benzene rings is 1. The summed E-state index contributed by atoms with van der Waals surface area (Å²) in [6, 6.07) is 12.3. The van der Waals surface area contributed by atoms with Crippen molar-refractivity contribution in [2.45, 2.75) is 31.8 Å². The van der Waals surface area contributed by atoms with Crippen LogP contribution in [-0.2, 0) is 22.6 Å².